The molecule has 0 saturated carbocycles. The molecule has 0 aliphatic carbocycles. The number of carbonyl (C=O) groups is 3. The summed E-state index contributed by atoms with van der Waals surface area (Å²) < 4.78 is 7.55. The molecule has 3 amide bonds. The van der Waals surface area contributed by atoms with Crippen molar-refractivity contribution in [2.24, 2.45) is 5.73 Å². The van der Waals surface area contributed by atoms with E-state index < -0.39 is 5.91 Å². The predicted octanol–water partition coefficient (Wildman–Crippen LogP) is 5.64. The second-order valence-corrected chi connectivity index (χ2v) is 10.7. The molecule has 2 N–H and O–H groups in total. The number of hydrogen-bond acceptors (Lipinski definition) is 5. The quantitative estimate of drug-likeness (QED) is 0.256. The van der Waals surface area contributed by atoms with Crippen LogP contribution in [0.2, 0.25) is 5.02 Å². The largest absolute Gasteiger partial charge is 0.494 e. The third-order valence-electron chi connectivity index (χ3n) is 7.38. The van der Waals surface area contributed by atoms with E-state index >= 15 is 0 Å². The van der Waals surface area contributed by atoms with Gasteiger partial charge in [0.25, 0.3) is 11.8 Å². The van der Waals surface area contributed by atoms with Gasteiger partial charge in [0, 0.05) is 53.9 Å². The Balaban J connectivity index is 1.30. The third-order valence-corrected chi connectivity index (χ3v) is 7.64. The van der Waals surface area contributed by atoms with Gasteiger partial charge in [-0.1, -0.05) is 29.8 Å². The lowest BCUT2D eigenvalue weighted by Crippen LogP contribution is -2.47. The SMILES string of the molecule is CC(=O)N(c1ccc(Cl)cc1)[C@@H]1C[C@H](C)N(C(=O)c2ccc(OCCCn3ccnc3C(N)=O)cc2)c2ccccc21. The number of aromatic nitrogens is 2. The molecule has 0 radical (unpaired) electrons. The number of nitrogens with zero attached hydrogens (tertiary/aromatic N) is 4. The molecule has 2 atom stereocenters. The van der Waals surface area contributed by atoms with Gasteiger partial charge in [0.2, 0.25) is 5.91 Å². The summed E-state index contributed by atoms with van der Waals surface area (Å²) in [4.78, 5) is 45.7. The molecular formula is C32H32ClN5O4. The van der Waals surface area contributed by atoms with Gasteiger partial charge in [-0.15, -0.1) is 0 Å². The molecule has 4 aromatic rings. The summed E-state index contributed by atoms with van der Waals surface area (Å²) in [5.74, 6) is 0.0780. The van der Waals surface area contributed by atoms with Gasteiger partial charge in [0.05, 0.1) is 12.6 Å². The molecule has 1 aliphatic heterocycles. The van der Waals surface area contributed by atoms with Gasteiger partial charge in [-0.3, -0.25) is 14.4 Å². The van der Waals surface area contributed by atoms with Crippen molar-refractivity contribution < 1.29 is 19.1 Å². The Morgan fingerprint density at radius 2 is 1.76 bits per heavy atom. The Hall–Kier alpha value is -4.63. The molecule has 0 saturated heterocycles. The minimum absolute atomic E-state index is 0.0852. The Kier molecular flexibility index (Phi) is 8.59. The lowest BCUT2D eigenvalue weighted by atomic mass is 9.89. The van der Waals surface area contributed by atoms with Crippen LogP contribution in [-0.4, -0.2) is 39.9 Å². The van der Waals surface area contributed by atoms with Crippen LogP contribution in [-0.2, 0) is 11.3 Å². The maximum atomic E-state index is 13.8. The van der Waals surface area contributed by atoms with Crippen LogP contribution < -0.4 is 20.3 Å². The summed E-state index contributed by atoms with van der Waals surface area (Å²) in [5.41, 5.74) is 8.32. The number of halogens is 1. The summed E-state index contributed by atoms with van der Waals surface area (Å²) in [7, 11) is 0. The first-order valence-electron chi connectivity index (χ1n) is 13.8. The molecule has 42 heavy (non-hydrogen) atoms. The molecule has 216 valence electrons. The van der Waals surface area contributed by atoms with E-state index in [4.69, 9.17) is 22.1 Å². The molecule has 0 fully saturated rings. The van der Waals surface area contributed by atoms with E-state index in [9.17, 15) is 14.4 Å². The van der Waals surface area contributed by atoms with Gasteiger partial charge in [-0.25, -0.2) is 4.98 Å². The number of benzene rings is 3. The molecular weight excluding hydrogens is 554 g/mol. The molecule has 1 aromatic heterocycles. The van der Waals surface area contributed by atoms with Crippen molar-refractivity contribution in [1.82, 2.24) is 9.55 Å². The molecule has 3 aromatic carbocycles. The number of fused-ring (bicyclic) bond motifs is 1. The van der Waals surface area contributed by atoms with Gasteiger partial charge in [0.15, 0.2) is 5.82 Å². The first-order chi connectivity index (χ1) is 20.2. The number of carbonyl (C=O) groups excluding carboxylic acids is 3. The highest BCUT2D eigenvalue weighted by Gasteiger charge is 2.38. The van der Waals surface area contributed by atoms with Crippen LogP contribution in [0.25, 0.3) is 0 Å². The first kappa shape index (κ1) is 28.9. The van der Waals surface area contributed by atoms with E-state index in [0.29, 0.717) is 42.3 Å². The highest BCUT2D eigenvalue weighted by Crippen LogP contribution is 2.43. The van der Waals surface area contributed by atoms with Gasteiger partial charge in [0.1, 0.15) is 5.75 Å². The first-order valence-corrected chi connectivity index (χ1v) is 14.1. The highest BCUT2D eigenvalue weighted by atomic mass is 35.5. The van der Waals surface area contributed by atoms with E-state index in [1.807, 2.05) is 48.2 Å². The average Bonchev–Trinajstić information content (AvgIpc) is 3.45. The third kappa shape index (κ3) is 6.01. The van der Waals surface area contributed by atoms with E-state index in [-0.39, 0.29) is 29.7 Å². The van der Waals surface area contributed by atoms with Gasteiger partial charge < -0.3 is 24.8 Å². The standard InChI is InChI=1S/C32H32ClN5O4/c1-21-20-29(38(22(2)39)25-12-10-24(33)11-13-25)27-6-3-4-7-28(27)37(21)32(41)23-8-14-26(15-9-23)42-19-5-17-36-18-16-35-31(36)30(34)40/h3-4,6-16,18,21,29H,5,17,19-20H2,1-2H3,(H2,34,40)/t21-,29+/m0/s1. The lowest BCUT2D eigenvalue weighted by Gasteiger charge is -2.43. The van der Waals surface area contributed by atoms with Crippen LogP contribution in [0.4, 0.5) is 11.4 Å². The minimum atomic E-state index is -0.569. The number of anilines is 2. The summed E-state index contributed by atoms with van der Waals surface area (Å²) in [6, 6.07) is 21.6. The average molecular weight is 586 g/mol. The fourth-order valence-corrected chi connectivity index (χ4v) is 5.62. The fraction of sp³-hybridized carbons (Fsp3) is 0.250. The molecule has 2 heterocycles. The van der Waals surface area contributed by atoms with Crippen LogP contribution in [0.15, 0.2) is 85.2 Å². The monoisotopic (exact) mass is 585 g/mol. The number of rotatable bonds is 9. The van der Waals surface area contributed by atoms with E-state index in [0.717, 1.165) is 16.9 Å². The minimum Gasteiger partial charge on any atom is -0.494 e. The number of ether oxygens (including phenoxy) is 1. The van der Waals surface area contributed by atoms with Crippen molar-refractivity contribution >= 4 is 40.7 Å². The van der Waals surface area contributed by atoms with Gasteiger partial charge >= 0.3 is 0 Å². The second kappa shape index (κ2) is 12.5. The zero-order chi connectivity index (χ0) is 29.8. The number of para-hydroxylation sites is 1. The zero-order valence-electron chi connectivity index (χ0n) is 23.4. The molecule has 10 heteroatoms. The summed E-state index contributed by atoms with van der Waals surface area (Å²) in [6.07, 6.45) is 4.46. The van der Waals surface area contributed by atoms with Crippen molar-refractivity contribution in [1.29, 1.82) is 0 Å². The number of nitrogens with two attached hydrogens (primary N) is 1. The zero-order valence-corrected chi connectivity index (χ0v) is 24.2. The Bertz CT molecular complexity index is 1590. The second-order valence-electron chi connectivity index (χ2n) is 10.2. The van der Waals surface area contributed by atoms with Crippen molar-refractivity contribution in [3.05, 3.63) is 107 Å². The van der Waals surface area contributed by atoms with Crippen molar-refractivity contribution in [3.8, 4) is 5.75 Å². The Morgan fingerprint density at radius 1 is 1.05 bits per heavy atom. The maximum Gasteiger partial charge on any atom is 0.284 e. The van der Waals surface area contributed by atoms with Gasteiger partial charge in [-0.05, 0) is 79.9 Å². The number of primary amides is 1. The predicted molar refractivity (Wildman–Crippen MR) is 162 cm³/mol. The summed E-state index contributed by atoms with van der Waals surface area (Å²) in [6.45, 7) is 4.52. The summed E-state index contributed by atoms with van der Waals surface area (Å²) in [5, 5.41) is 0.598. The smallest absolute Gasteiger partial charge is 0.284 e. The topological polar surface area (TPSA) is 111 Å². The normalized spacial score (nSPS) is 16.0. The van der Waals surface area contributed by atoms with Crippen LogP contribution in [0.5, 0.6) is 5.75 Å². The van der Waals surface area contributed by atoms with Crippen LogP contribution in [0.3, 0.4) is 0 Å². The van der Waals surface area contributed by atoms with E-state index in [1.165, 1.54) is 6.20 Å². The summed E-state index contributed by atoms with van der Waals surface area (Å²) >= 11 is 6.10. The molecule has 5 rings (SSSR count). The van der Waals surface area contributed by atoms with Gasteiger partial charge in [-0.2, -0.15) is 0 Å². The van der Waals surface area contributed by atoms with E-state index in [2.05, 4.69) is 4.98 Å². The number of imidazole rings is 1. The van der Waals surface area contributed by atoms with Crippen molar-refractivity contribution in [2.45, 2.75) is 45.3 Å². The Morgan fingerprint density at radius 3 is 2.45 bits per heavy atom. The van der Waals surface area contributed by atoms with Crippen LogP contribution in [0, 0.1) is 0 Å². The molecule has 9 nitrogen and oxygen atoms in total. The van der Waals surface area contributed by atoms with Crippen molar-refractivity contribution in [2.75, 3.05) is 16.4 Å². The van der Waals surface area contributed by atoms with Crippen LogP contribution >= 0.6 is 11.6 Å². The Labute approximate surface area is 249 Å². The molecule has 0 unspecified atom stereocenters. The molecule has 1 aliphatic rings. The van der Waals surface area contributed by atoms with E-state index in [1.54, 1.807) is 59.0 Å². The van der Waals surface area contributed by atoms with Crippen molar-refractivity contribution in [3.63, 3.8) is 0 Å². The molecule has 0 bridgehead atoms. The molecule has 0 spiro atoms. The fourth-order valence-electron chi connectivity index (χ4n) is 5.49. The number of aryl methyl sites for hydroxylation is 1. The number of amides is 3. The lowest BCUT2D eigenvalue weighted by molar-refractivity contribution is -0.117. The highest BCUT2D eigenvalue weighted by molar-refractivity contribution is 6.30. The van der Waals surface area contributed by atoms with Crippen LogP contribution in [0.1, 0.15) is 59.3 Å². The maximum absolute atomic E-state index is 13.8. The number of hydrogen-bond donors (Lipinski definition) is 1.